The summed E-state index contributed by atoms with van der Waals surface area (Å²) in [5.41, 5.74) is -0.360. The van der Waals surface area contributed by atoms with Crippen LogP contribution in [0.5, 0.6) is 0 Å². The molecule has 0 saturated carbocycles. The van der Waals surface area contributed by atoms with Gasteiger partial charge in [-0.3, -0.25) is 4.90 Å². The van der Waals surface area contributed by atoms with Crippen molar-refractivity contribution in [1.82, 2.24) is 4.90 Å². The van der Waals surface area contributed by atoms with Gasteiger partial charge in [0.05, 0.1) is 12.0 Å². The van der Waals surface area contributed by atoms with Crippen LogP contribution >= 0.6 is 0 Å². The van der Waals surface area contributed by atoms with Gasteiger partial charge in [-0.2, -0.15) is 5.26 Å². The Morgan fingerprint density at radius 1 is 1.71 bits per heavy atom. The molecule has 2 atom stereocenters. The molecule has 0 bridgehead atoms. The second-order valence-corrected chi connectivity index (χ2v) is 4.91. The van der Waals surface area contributed by atoms with Gasteiger partial charge >= 0.3 is 0 Å². The molecule has 0 aromatic carbocycles. The molecule has 2 heterocycles. The average molecular weight is 194 g/mol. The lowest BCUT2D eigenvalue weighted by molar-refractivity contribution is 0.163. The Morgan fingerprint density at radius 2 is 2.50 bits per heavy atom. The minimum absolute atomic E-state index is 0.00513. The molecule has 2 nitrogen and oxygen atoms in total. The fourth-order valence-electron chi connectivity index (χ4n) is 3.02. The van der Waals surface area contributed by atoms with Crippen molar-refractivity contribution in [2.24, 2.45) is 11.8 Å². The number of hydrogen-bond acceptors (Lipinski definition) is 2. The largest absolute Gasteiger partial charge is 0.296 e. The van der Waals surface area contributed by atoms with Gasteiger partial charge in [0, 0.05) is 14.8 Å². The highest BCUT2D eigenvalue weighted by Crippen LogP contribution is 2.45. The van der Waals surface area contributed by atoms with E-state index >= 15 is 0 Å². The third-order valence-corrected chi connectivity index (χ3v) is 3.39. The monoisotopic (exact) mass is 194 g/mol. The molecule has 78 valence electrons. The first-order valence-electron chi connectivity index (χ1n) is 6.59. The predicted molar refractivity (Wildman–Crippen MR) is 56.7 cm³/mol. The maximum atomic E-state index is 9.04. The van der Waals surface area contributed by atoms with Gasteiger partial charge in [0.1, 0.15) is 0 Å². The van der Waals surface area contributed by atoms with Crippen LogP contribution in [0.25, 0.3) is 0 Å². The number of rotatable bonds is 2. The highest BCUT2D eigenvalue weighted by molar-refractivity contribution is 5.08. The molecule has 2 heteroatoms. The molecule has 0 aromatic heterocycles. The van der Waals surface area contributed by atoms with Gasteiger partial charge in [-0.1, -0.05) is 13.8 Å². The molecule has 2 aliphatic heterocycles. The van der Waals surface area contributed by atoms with Crippen LogP contribution in [0.2, 0.25) is 0 Å². The molecule has 0 spiro atoms. The third kappa shape index (κ3) is 1.54. The van der Waals surface area contributed by atoms with Crippen LogP contribution in [0.3, 0.4) is 0 Å². The summed E-state index contributed by atoms with van der Waals surface area (Å²) in [6, 6.07) is 2.32. The molecular weight excluding hydrogens is 172 g/mol. The number of nitriles is 1. The molecule has 0 unspecified atom stereocenters. The summed E-state index contributed by atoms with van der Waals surface area (Å²) in [5, 5.41) is 9.04. The standard InChI is InChI=1S/C12H20N2/c1-10(2)6-12-4-3-5-14(12)9-11(7-12)8-13/h10-11H,3-7,9H2,1-2H3/t11-,12+/m0/s1/i6D2. The van der Waals surface area contributed by atoms with Crippen molar-refractivity contribution in [3.05, 3.63) is 0 Å². The van der Waals surface area contributed by atoms with Crippen LogP contribution < -0.4 is 0 Å². The van der Waals surface area contributed by atoms with Crippen LogP contribution in [0.15, 0.2) is 0 Å². The molecule has 14 heavy (non-hydrogen) atoms. The van der Waals surface area contributed by atoms with E-state index in [0.717, 1.165) is 25.9 Å². The Balaban J connectivity index is 2.32. The fourth-order valence-corrected chi connectivity index (χ4v) is 3.02. The van der Waals surface area contributed by atoms with E-state index < -0.39 is 6.37 Å². The zero-order valence-corrected chi connectivity index (χ0v) is 9.08. The Morgan fingerprint density at radius 3 is 3.14 bits per heavy atom. The quantitative estimate of drug-likeness (QED) is 0.675. The van der Waals surface area contributed by atoms with Gasteiger partial charge in [0.25, 0.3) is 0 Å². The van der Waals surface area contributed by atoms with Gasteiger partial charge in [0.2, 0.25) is 0 Å². The van der Waals surface area contributed by atoms with Crippen LogP contribution in [0.4, 0.5) is 0 Å². The lowest BCUT2D eigenvalue weighted by atomic mass is 9.83. The van der Waals surface area contributed by atoms with Crippen molar-refractivity contribution in [3.63, 3.8) is 0 Å². The van der Waals surface area contributed by atoms with E-state index in [1.807, 2.05) is 13.8 Å². The average Bonchev–Trinajstić information content (AvgIpc) is 2.73. The normalized spacial score (nSPS) is 40.6. The fraction of sp³-hybridized carbons (Fsp3) is 0.917. The van der Waals surface area contributed by atoms with Crippen LogP contribution in [-0.4, -0.2) is 23.5 Å². The highest BCUT2D eigenvalue weighted by Gasteiger charge is 2.48. The van der Waals surface area contributed by atoms with Crippen LogP contribution in [0.1, 0.15) is 42.2 Å². The predicted octanol–water partition coefficient (Wildman–Crippen LogP) is 2.41. The summed E-state index contributed by atoms with van der Waals surface area (Å²) < 4.78 is 16.8. The van der Waals surface area contributed by atoms with Crippen molar-refractivity contribution >= 4 is 0 Å². The number of fused-ring (bicyclic) bond motifs is 1. The van der Waals surface area contributed by atoms with Gasteiger partial charge < -0.3 is 0 Å². The molecule has 0 N–H and O–H groups in total. The zero-order chi connectivity index (χ0) is 12.0. The Bertz CT molecular complexity index is 321. The lowest BCUT2D eigenvalue weighted by Gasteiger charge is -2.33. The summed E-state index contributed by atoms with van der Waals surface area (Å²) in [4.78, 5) is 2.24. The number of hydrogen-bond donors (Lipinski definition) is 0. The second kappa shape index (κ2) is 3.55. The molecule has 2 rings (SSSR count). The first kappa shape index (κ1) is 7.70. The third-order valence-electron chi connectivity index (χ3n) is 3.39. The van der Waals surface area contributed by atoms with Gasteiger partial charge in [-0.15, -0.1) is 0 Å². The molecule has 0 aliphatic carbocycles. The van der Waals surface area contributed by atoms with E-state index in [1.54, 1.807) is 0 Å². The zero-order valence-electron chi connectivity index (χ0n) is 11.1. The minimum atomic E-state index is -1.19. The van der Waals surface area contributed by atoms with Crippen LogP contribution in [-0.2, 0) is 0 Å². The highest BCUT2D eigenvalue weighted by atomic mass is 15.2. The summed E-state index contributed by atoms with van der Waals surface area (Å²) in [7, 11) is 0. The van der Waals surface area contributed by atoms with Gasteiger partial charge in [-0.05, 0) is 38.1 Å². The van der Waals surface area contributed by atoms with Crippen molar-refractivity contribution < 1.29 is 2.74 Å². The lowest BCUT2D eigenvalue weighted by Crippen LogP contribution is -2.39. The van der Waals surface area contributed by atoms with E-state index in [0.29, 0.717) is 6.42 Å². The van der Waals surface area contributed by atoms with Gasteiger partial charge in [0.15, 0.2) is 0 Å². The van der Waals surface area contributed by atoms with Crippen LogP contribution in [0, 0.1) is 23.2 Å². The van der Waals surface area contributed by atoms with Gasteiger partial charge in [-0.25, -0.2) is 0 Å². The maximum absolute atomic E-state index is 9.04. The Labute approximate surface area is 89.7 Å². The Kier molecular flexibility index (Phi) is 1.95. The molecular formula is C12H20N2. The van der Waals surface area contributed by atoms with E-state index in [-0.39, 0.29) is 17.4 Å². The molecule has 2 aliphatic rings. The van der Waals surface area contributed by atoms with Crippen molar-refractivity contribution in [2.45, 2.75) is 45.0 Å². The van der Waals surface area contributed by atoms with Crippen molar-refractivity contribution in [3.8, 4) is 6.07 Å². The topological polar surface area (TPSA) is 27.0 Å². The SMILES string of the molecule is [2H]C([2H])(C(C)C)[C@@]12CCCN1C[C@H](C#N)C2. The van der Waals surface area contributed by atoms with E-state index in [4.69, 9.17) is 8.00 Å². The second-order valence-electron chi connectivity index (χ2n) is 4.91. The Hall–Kier alpha value is -0.550. The molecule has 0 aromatic rings. The molecule has 2 saturated heterocycles. The summed E-state index contributed by atoms with van der Waals surface area (Å²) in [6.45, 7) is 5.63. The molecule has 0 radical (unpaired) electrons. The van der Waals surface area contributed by atoms with E-state index in [9.17, 15) is 0 Å². The summed E-state index contributed by atoms with van der Waals surface area (Å²) in [6.07, 6.45) is 1.52. The van der Waals surface area contributed by atoms with Crippen molar-refractivity contribution in [1.29, 1.82) is 5.26 Å². The first-order valence-corrected chi connectivity index (χ1v) is 5.59. The smallest absolute Gasteiger partial charge is 0.0670 e. The number of nitrogens with zero attached hydrogens (tertiary/aromatic N) is 2. The summed E-state index contributed by atoms with van der Waals surface area (Å²) in [5.74, 6) is 0.0275. The van der Waals surface area contributed by atoms with E-state index in [2.05, 4.69) is 11.0 Å². The maximum Gasteiger partial charge on any atom is 0.0670 e. The van der Waals surface area contributed by atoms with Crippen molar-refractivity contribution in [2.75, 3.05) is 13.1 Å². The molecule has 0 amide bonds. The molecule has 2 fully saturated rings. The first-order chi connectivity index (χ1) is 7.44. The summed E-state index contributed by atoms with van der Waals surface area (Å²) >= 11 is 0. The minimum Gasteiger partial charge on any atom is -0.296 e. The van der Waals surface area contributed by atoms with E-state index in [1.165, 1.54) is 0 Å².